The van der Waals surface area contributed by atoms with Gasteiger partial charge in [0.15, 0.2) is 0 Å². The minimum absolute atomic E-state index is 0.0109. The predicted octanol–water partition coefficient (Wildman–Crippen LogP) is 0.824. The van der Waals surface area contributed by atoms with Crippen LogP contribution >= 0.6 is 0 Å². The van der Waals surface area contributed by atoms with Crippen LogP contribution < -0.4 is 15.5 Å². The number of pyridine rings is 1. The first-order valence-electron chi connectivity index (χ1n) is 6.70. The minimum atomic E-state index is -0.0109. The lowest BCUT2D eigenvalue weighted by atomic mass is 10.2. The highest BCUT2D eigenvalue weighted by atomic mass is 16.1. The second-order valence-electron chi connectivity index (χ2n) is 5.17. The first-order chi connectivity index (χ1) is 9.10. The fourth-order valence-corrected chi connectivity index (χ4v) is 2.04. The number of amides is 1. The molecule has 1 fully saturated rings. The molecule has 0 saturated heterocycles. The summed E-state index contributed by atoms with van der Waals surface area (Å²) in [5.74, 6) is 0.849. The van der Waals surface area contributed by atoms with Crippen molar-refractivity contribution in [3.8, 4) is 0 Å². The van der Waals surface area contributed by atoms with Gasteiger partial charge in [-0.2, -0.15) is 0 Å². The molecule has 5 nitrogen and oxygen atoms in total. The van der Waals surface area contributed by atoms with Gasteiger partial charge in [0, 0.05) is 32.9 Å². The summed E-state index contributed by atoms with van der Waals surface area (Å²) >= 11 is 0. The van der Waals surface area contributed by atoms with Crippen molar-refractivity contribution in [3.63, 3.8) is 0 Å². The Hall–Kier alpha value is -1.62. The van der Waals surface area contributed by atoms with Crippen molar-refractivity contribution in [2.45, 2.75) is 32.4 Å². The summed E-state index contributed by atoms with van der Waals surface area (Å²) in [6.45, 7) is 3.23. The molecule has 0 bridgehead atoms. The van der Waals surface area contributed by atoms with Crippen LogP contribution in [0, 0.1) is 6.92 Å². The third-order valence-electron chi connectivity index (χ3n) is 3.30. The molecule has 1 heterocycles. The Morgan fingerprint density at radius 2 is 2.26 bits per heavy atom. The van der Waals surface area contributed by atoms with E-state index in [4.69, 9.17) is 0 Å². The van der Waals surface area contributed by atoms with Crippen LogP contribution in [0.2, 0.25) is 0 Å². The van der Waals surface area contributed by atoms with Gasteiger partial charge < -0.3 is 15.5 Å². The lowest BCUT2D eigenvalue weighted by molar-refractivity contribution is -0.119. The van der Waals surface area contributed by atoms with Gasteiger partial charge in [0.25, 0.3) is 0 Å². The molecule has 1 aromatic rings. The van der Waals surface area contributed by atoms with E-state index >= 15 is 0 Å². The highest BCUT2D eigenvalue weighted by Gasteiger charge is 2.20. The molecular formula is C14H22N4O. The summed E-state index contributed by atoms with van der Waals surface area (Å²) in [4.78, 5) is 17.7. The van der Waals surface area contributed by atoms with Gasteiger partial charge in [0.1, 0.15) is 5.82 Å². The Morgan fingerprint density at radius 3 is 2.84 bits per heavy atom. The molecule has 1 saturated carbocycles. The summed E-state index contributed by atoms with van der Waals surface area (Å²) in [5.41, 5.74) is 2.29. The zero-order valence-corrected chi connectivity index (χ0v) is 11.9. The van der Waals surface area contributed by atoms with Gasteiger partial charge in [-0.3, -0.25) is 4.79 Å². The van der Waals surface area contributed by atoms with Crippen LogP contribution in [0.5, 0.6) is 0 Å². The molecule has 1 amide bonds. The van der Waals surface area contributed by atoms with Crippen LogP contribution in [0.1, 0.15) is 24.0 Å². The van der Waals surface area contributed by atoms with Crippen LogP contribution in [-0.2, 0) is 11.3 Å². The minimum Gasteiger partial charge on any atom is -0.358 e. The normalized spacial score (nSPS) is 14.3. The van der Waals surface area contributed by atoms with E-state index in [1.165, 1.54) is 18.4 Å². The zero-order chi connectivity index (χ0) is 13.8. The van der Waals surface area contributed by atoms with Gasteiger partial charge in [-0.25, -0.2) is 4.98 Å². The molecule has 104 valence electrons. The molecule has 5 heteroatoms. The number of nitrogens with one attached hydrogen (secondary N) is 2. The number of carbonyl (C=O) groups excluding carboxylic acids is 1. The number of aryl methyl sites for hydroxylation is 1. The number of carbonyl (C=O) groups is 1. The van der Waals surface area contributed by atoms with Gasteiger partial charge in [-0.1, -0.05) is 0 Å². The molecule has 2 N–H and O–H groups in total. The monoisotopic (exact) mass is 262 g/mol. The molecule has 0 atom stereocenters. The SMILES string of the molecule is CNC(=O)CN(C)c1ncc(CNC2CC2)cc1C. The Labute approximate surface area is 114 Å². The molecule has 1 aliphatic carbocycles. The van der Waals surface area contributed by atoms with Crippen molar-refractivity contribution in [3.05, 3.63) is 23.4 Å². The molecular weight excluding hydrogens is 240 g/mol. The van der Waals surface area contributed by atoms with E-state index in [0.29, 0.717) is 12.6 Å². The van der Waals surface area contributed by atoms with E-state index in [1.54, 1.807) is 7.05 Å². The van der Waals surface area contributed by atoms with Crippen molar-refractivity contribution in [1.29, 1.82) is 0 Å². The second-order valence-corrected chi connectivity index (χ2v) is 5.17. The number of aromatic nitrogens is 1. The molecule has 0 unspecified atom stereocenters. The van der Waals surface area contributed by atoms with E-state index in [0.717, 1.165) is 17.9 Å². The Bertz CT molecular complexity index is 457. The standard InChI is InChI=1S/C14H22N4O/c1-10-6-11(7-16-12-4-5-12)8-17-14(10)18(3)9-13(19)15-2/h6,8,12,16H,4-5,7,9H2,1-3H3,(H,15,19). The van der Waals surface area contributed by atoms with E-state index in [-0.39, 0.29) is 5.91 Å². The average Bonchev–Trinajstić information content (AvgIpc) is 3.20. The summed E-state index contributed by atoms with van der Waals surface area (Å²) in [6, 6.07) is 2.84. The maximum Gasteiger partial charge on any atom is 0.239 e. The summed E-state index contributed by atoms with van der Waals surface area (Å²) in [6.07, 6.45) is 4.47. The molecule has 19 heavy (non-hydrogen) atoms. The van der Waals surface area contributed by atoms with Gasteiger partial charge in [0.2, 0.25) is 5.91 Å². The fourth-order valence-electron chi connectivity index (χ4n) is 2.04. The lowest BCUT2D eigenvalue weighted by Gasteiger charge is -2.19. The fraction of sp³-hybridized carbons (Fsp3) is 0.571. The predicted molar refractivity (Wildman–Crippen MR) is 76.2 cm³/mol. The second kappa shape index (κ2) is 6.02. The van der Waals surface area contributed by atoms with Crippen molar-refractivity contribution in [2.75, 3.05) is 25.5 Å². The van der Waals surface area contributed by atoms with E-state index in [9.17, 15) is 4.79 Å². The Morgan fingerprint density at radius 1 is 1.53 bits per heavy atom. The van der Waals surface area contributed by atoms with Crippen LogP contribution in [-0.4, -0.2) is 37.6 Å². The smallest absolute Gasteiger partial charge is 0.239 e. The number of hydrogen-bond donors (Lipinski definition) is 2. The summed E-state index contributed by atoms with van der Waals surface area (Å²) in [7, 11) is 3.52. The number of rotatable bonds is 6. The van der Waals surface area contributed by atoms with Crippen molar-refractivity contribution in [1.82, 2.24) is 15.6 Å². The average molecular weight is 262 g/mol. The largest absolute Gasteiger partial charge is 0.358 e. The molecule has 0 aliphatic heterocycles. The van der Waals surface area contributed by atoms with Crippen molar-refractivity contribution in [2.24, 2.45) is 0 Å². The maximum absolute atomic E-state index is 11.4. The maximum atomic E-state index is 11.4. The Balaban J connectivity index is 1.98. The quantitative estimate of drug-likeness (QED) is 0.797. The van der Waals surface area contributed by atoms with Gasteiger partial charge >= 0.3 is 0 Å². The first kappa shape index (κ1) is 13.8. The van der Waals surface area contributed by atoms with Gasteiger partial charge in [0.05, 0.1) is 6.54 Å². The molecule has 1 aliphatic rings. The number of hydrogen-bond acceptors (Lipinski definition) is 4. The highest BCUT2D eigenvalue weighted by molar-refractivity contribution is 5.80. The summed E-state index contributed by atoms with van der Waals surface area (Å²) < 4.78 is 0. The topological polar surface area (TPSA) is 57.3 Å². The Kier molecular flexibility index (Phi) is 4.37. The lowest BCUT2D eigenvalue weighted by Crippen LogP contribution is -2.33. The van der Waals surface area contributed by atoms with E-state index < -0.39 is 0 Å². The third-order valence-corrected chi connectivity index (χ3v) is 3.30. The van der Waals surface area contributed by atoms with Crippen LogP contribution in [0.25, 0.3) is 0 Å². The van der Waals surface area contributed by atoms with Crippen molar-refractivity contribution >= 4 is 11.7 Å². The number of nitrogens with zero attached hydrogens (tertiary/aromatic N) is 2. The van der Waals surface area contributed by atoms with Crippen molar-refractivity contribution < 1.29 is 4.79 Å². The number of likely N-dealkylation sites (N-methyl/N-ethyl adjacent to an activating group) is 2. The molecule has 1 aromatic heterocycles. The van der Waals surface area contributed by atoms with Crippen LogP contribution in [0.3, 0.4) is 0 Å². The van der Waals surface area contributed by atoms with Crippen LogP contribution in [0.15, 0.2) is 12.3 Å². The van der Waals surface area contributed by atoms with E-state index in [2.05, 4.69) is 21.7 Å². The van der Waals surface area contributed by atoms with Crippen LogP contribution in [0.4, 0.5) is 5.82 Å². The van der Waals surface area contributed by atoms with Gasteiger partial charge in [-0.15, -0.1) is 0 Å². The van der Waals surface area contributed by atoms with Gasteiger partial charge in [-0.05, 0) is 37.0 Å². The molecule has 0 radical (unpaired) electrons. The molecule has 2 rings (SSSR count). The first-order valence-corrected chi connectivity index (χ1v) is 6.70. The zero-order valence-electron chi connectivity index (χ0n) is 11.9. The highest BCUT2D eigenvalue weighted by Crippen LogP contribution is 2.20. The molecule has 0 spiro atoms. The molecule has 0 aromatic carbocycles. The van der Waals surface area contributed by atoms with E-state index in [1.807, 2.05) is 25.1 Å². The third kappa shape index (κ3) is 3.92. The number of anilines is 1. The summed E-state index contributed by atoms with van der Waals surface area (Å²) in [5, 5.41) is 6.09.